The van der Waals surface area contributed by atoms with E-state index in [0.717, 1.165) is 0 Å². The predicted octanol–water partition coefficient (Wildman–Crippen LogP) is 1.56. The lowest BCUT2D eigenvalue weighted by Crippen LogP contribution is -2.35. The predicted molar refractivity (Wildman–Crippen MR) is 59.5 cm³/mol. The first-order valence-electron chi connectivity index (χ1n) is 5.09. The van der Waals surface area contributed by atoms with Crippen LogP contribution in [-0.4, -0.2) is 31.0 Å². The monoisotopic (exact) mass is 236 g/mol. The minimum absolute atomic E-state index is 0.0511. The number of sulfone groups is 1. The third-order valence-corrected chi connectivity index (χ3v) is 4.84. The Labute approximate surface area is 91.6 Å². The zero-order valence-electron chi connectivity index (χ0n) is 9.78. The molecule has 0 aliphatic rings. The van der Waals surface area contributed by atoms with Gasteiger partial charge in [-0.1, -0.05) is 20.8 Å². The first kappa shape index (κ1) is 14.4. The topological polar surface area (TPSA) is 71.4 Å². The summed E-state index contributed by atoms with van der Waals surface area (Å²) in [6, 6.07) is 0. The van der Waals surface area contributed by atoms with E-state index in [1.54, 1.807) is 27.7 Å². The van der Waals surface area contributed by atoms with Crippen LogP contribution in [0.3, 0.4) is 0 Å². The molecule has 0 spiro atoms. The lowest BCUT2D eigenvalue weighted by atomic mass is 9.77. The molecular formula is C10H20O4S. The quantitative estimate of drug-likeness (QED) is 0.759. The van der Waals surface area contributed by atoms with Gasteiger partial charge in [0.15, 0.2) is 0 Å². The normalized spacial score (nSPS) is 16.3. The highest BCUT2D eigenvalue weighted by atomic mass is 32.2. The van der Waals surface area contributed by atoms with Crippen molar-refractivity contribution in [1.29, 1.82) is 0 Å². The number of hydrogen-bond acceptors (Lipinski definition) is 3. The Morgan fingerprint density at radius 3 is 2.13 bits per heavy atom. The first-order valence-corrected chi connectivity index (χ1v) is 6.91. The van der Waals surface area contributed by atoms with Gasteiger partial charge in [-0.15, -0.1) is 0 Å². The Kier molecular flexibility index (Phi) is 4.77. The summed E-state index contributed by atoms with van der Waals surface area (Å²) in [6.07, 6.45) is 0.177. The van der Waals surface area contributed by atoms with Gasteiger partial charge in [-0.05, 0) is 19.3 Å². The fraction of sp³-hybridized carbons (Fsp3) is 0.900. The van der Waals surface area contributed by atoms with E-state index in [2.05, 4.69) is 0 Å². The van der Waals surface area contributed by atoms with Gasteiger partial charge in [0.2, 0.25) is 0 Å². The molecule has 0 heterocycles. The second-order valence-corrected chi connectivity index (χ2v) is 6.84. The highest BCUT2D eigenvalue weighted by Crippen LogP contribution is 2.31. The maximum absolute atomic E-state index is 11.3. The molecule has 0 bridgehead atoms. The summed E-state index contributed by atoms with van der Waals surface area (Å²) in [6.45, 7) is 6.77. The van der Waals surface area contributed by atoms with Crippen LogP contribution in [0.1, 0.15) is 34.1 Å². The van der Waals surface area contributed by atoms with E-state index in [9.17, 15) is 13.2 Å². The molecule has 0 amide bonds. The van der Waals surface area contributed by atoms with Crippen LogP contribution < -0.4 is 0 Å². The van der Waals surface area contributed by atoms with Gasteiger partial charge < -0.3 is 5.11 Å². The zero-order chi connectivity index (χ0) is 12.3. The second-order valence-electron chi connectivity index (χ2n) is 4.36. The number of carbonyl (C=O) groups is 1. The van der Waals surface area contributed by atoms with Crippen molar-refractivity contribution < 1.29 is 18.3 Å². The molecule has 0 saturated carbocycles. The first-order chi connectivity index (χ1) is 6.65. The standard InChI is InChI=1S/C10H20O4S/c1-5-15(13,14)7-6-10(4,8(2)3)9(11)12/h8H,5-7H2,1-4H3,(H,11,12). The molecule has 0 saturated heterocycles. The van der Waals surface area contributed by atoms with Crippen LogP contribution in [-0.2, 0) is 14.6 Å². The van der Waals surface area contributed by atoms with Crippen molar-refractivity contribution in [3.8, 4) is 0 Å². The third-order valence-electron chi connectivity index (χ3n) is 3.14. The summed E-state index contributed by atoms with van der Waals surface area (Å²) in [7, 11) is -3.08. The summed E-state index contributed by atoms with van der Waals surface area (Å²) < 4.78 is 22.6. The Morgan fingerprint density at radius 1 is 1.40 bits per heavy atom. The van der Waals surface area contributed by atoms with E-state index >= 15 is 0 Å². The summed E-state index contributed by atoms with van der Waals surface area (Å²) >= 11 is 0. The molecule has 0 radical (unpaired) electrons. The third kappa shape index (κ3) is 3.81. The Balaban J connectivity index is 4.67. The van der Waals surface area contributed by atoms with Crippen molar-refractivity contribution in [2.75, 3.05) is 11.5 Å². The smallest absolute Gasteiger partial charge is 0.309 e. The molecule has 0 aromatic heterocycles. The minimum atomic E-state index is -3.08. The fourth-order valence-corrected chi connectivity index (χ4v) is 2.18. The summed E-state index contributed by atoms with van der Waals surface area (Å²) in [5.41, 5.74) is -0.956. The second kappa shape index (κ2) is 4.96. The summed E-state index contributed by atoms with van der Waals surface area (Å²) in [5.74, 6) is -0.989. The minimum Gasteiger partial charge on any atom is -0.481 e. The number of hydrogen-bond donors (Lipinski definition) is 1. The van der Waals surface area contributed by atoms with Gasteiger partial charge >= 0.3 is 5.97 Å². The van der Waals surface area contributed by atoms with Crippen molar-refractivity contribution in [1.82, 2.24) is 0 Å². The number of carboxylic acids is 1. The zero-order valence-corrected chi connectivity index (χ0v) is 10.6. The molecule has 1 unspecified atom stereocenters. The van der Waals surface area contributed by atoms with Gasteiger partial charge in [-0.3, -0.25) is 4.79 Å². The maximum Gasteiger partial charge on any atom is 0.309 e. The van der Waals surface area contributed by atoms with Gasteiger partial charge in [-0.25, -0.2) is 8.42 Å². The molecule has 4 nitrogen and oxygen atoms in total. The lowest BCUT2D eigenvalue weighted by molar-refractivity contribution is -0.150. The lowest BCUT2D eigenvalue weighted by Gasteiger charge is -2.28. The molecule has 1 atom stereocenters. The highest BCUT2D eigenvalue weighted by molar-refractivity contribution is 7.91. The van der Waals surface area contributed by atoms with Crippen molar-refractivity contribution in [2.45, 2.75) is 34.1 Å². The Hall–Kier alpha value is -0.580. The van der Waals surface area contributed by atoms with E-state index in [1.807, 2.05) is 0 Å². The van der Waals surface area contributed by atoms with Crippen molar-refractivity contribution in [3.05, 3.63) is 0 Å². The van der Waals surface area contributed by atoms with Crippen LogP contribution in [0.5, 0.6) is 0 Å². The van der Waals surface area contributed by atoms with Crippen LogP contribution in [0.2, 0.25) is 0 Å². The van der Waals surface area contributed by atoms with Crippen LogP contribution in [0.15, 0.2) is 0 Å². The van der Waals surface area contributed by atoms with Crippen LogP contribution in [0.25, 0.3) is 0 Å². The molecule has 0 aromatic rings. The molecule has 5 heteroatoms. The van der Waals surface area contributed by atoms with Crippen molar-refractivity contribution >= 4 is 15.8 Å². The van der Waals surface area contributed by atoms with E-state index in [4.69, 9.17) is 5.11 Å². The molecule has 15 heavy (non-hydrogen) atoms. The molecular weight excluding hydrogens is 216 g/mol. The van der Waals surface area contributed by atoms with Gasteiger partial charge in [0, 0.05) is 5.75 Å². The number of carboxylic acid groups (broad SMARTS) is 1. The van der Waals surface area contributed by atoms with Crippen molar-refractivity contribution in [3.63, 3.8) is 0 Å². The van der Waals surface area contributed by atoms with Gasteiger partial charge in [-0.2, -0.15) is 0 Å². The fourth-order valence-electron chi connectivity index (χ4n) is 1.15. The summed E-state index contributed by atoms with van der Waals surface area (Å²) in [4.78, 5) is 11.1. The SMILES string of the molecule is CCS(=O)(=O)CCC(C)(C(=O)O)C(C)C. The summed E-state index contributed by atoms with van der Waals surface area (Å²) in [5, 5.41) is 9.08. The Bertz CT molecular complexity index is 318. The molecule has 0 aromatic carbocycles. The largest absolute Gasteiger partial charge is 0.481 e. The van der Waals surface area contributed by atoms with E-state index in [-0.39, 0.29) is 23.8 Å². The van der Waals surface area contributed by atoms with Crippen LogP contribution in [0.4, 0.5) is 0 Å². The molecule has 0 aliphatic carbocycles. The average Bonchev–Trinajstić information content (AvgIpc) is 2.13. The molecule has 90 valence electrons. The number of rotatable bonds is 6. The van der Waals surface area contributed by atoms with Gasteiger partial charge in [0.25, 0.3) is 0 Å². The van der Waals surface area contributed by atoms with Crippen molar-refractivity contribution in [2.24, 2.45) is 11.3 Å². The molecule has 0 rings (SSSR count). The van der Waals surface area contributed by atoms with E-state index in [1.165, 1.54) is 0 Å². The van der Waals surface area contributed by atoms with Gasteiger partial charge in [0.05, 0.1) is 11.2 Å². The average molecular weight is 236 g/mol. The Morgan fingerprint density at radius 2 is 1.87 bits per heavy atom. The van der Waals surface area contributed by atoms with Gasteiger partial charge in [0.1, 0.15) is 9.84 Å². The van der Waals surface area contributed by atoms with E-state index in [0.29, 0.717) is 0 Å². The number of aliphatic carboxylic acids is 1. The van der Waals surface area contributed by atoms with Crippen LogP contribution in [0, 0.1) is 11.3 Å². The maximum atomic E-state index is 11.3. The van der Waals surface area contributed by atoms with E-state index < -0.39 is 21.2 Å². The molecule has 0 fully saturated rings. The highest BCUT2D eigenvalue weighted by Gasteiger charge is 2.37. The molecule has 1 N–H and O–H groups in total. The molecule has 0 aliphatic heterocycles. The van der Waals surface area contributed by atoms with Crippen LogP contribution >= 0.6 is 0 Å².